The molecule has 0 N–H and O–H groups in total. The Balaban J connectivity index is 1.34. The van der Waals surface area contributed by atoms with Gasteiger partial charge < -0.3 is 23.8 Å². The molecule has 2 amide bonds. The Morgan fingerprint density at radius 3 is 2.52 bits per heavy atom. The maximum absolute atomic E-state index is 12.5. The first-order valence-corrected chi connectivity index (χ1v) is 10.5. The van der Waals surface area contributed by atoms with Gasteiger partial charge in [-0.1, -0.05) is 23.9 Å². The van der Waals surface area contributed by atoms with Crippen molar-refractivity contribution >= 4 is 23.6 Å². The highest BCUT2D eigenvalue weighted by Crippen LogP contribution is 2.35. The van der Waals surface area contributed by atoms with Crippen LogP contribution in [0.2, 0.25) is 0 Å². The first-order chi connectivity index (χ1) is 14.0. The Kier molecular flexibility index (Phi) is 5.61. The van der Waals surface area contributed by atoms with E-state index in [2.05, 4.69) is 10.2 Å². The van der Waals surface area contributed by atoms with Crippen molar-refractivity contribution in [3.63, 3.8) is 0 Å². The minimum atomic E-state index is -0.355. The van der Waals surface area contributed by atoms with Gasteiger partial charge in [0, 0.05) is 40.2 Å². The Hall–Kier alpha value is -2.75. The van der Waals surface area contributed by atoms with Gasteiger partial charge in [0.25, 0.3) is 0 Å². The minimum Gasteiger partial charge on any atom is -0.485 e. The monoisotopic (exact) mass is 417 g/mol. The SMILES string of the molecule is CC(=O)N1CCN(C(=O)CSc2nnc(C3COc4ccccc4O3)n2C)CC1. The Bertz CT molecular complexity index is 910. The number of benzene rings is 1. The number of thioether (sulfide) groups is 1. The summed E-state index contributed by atoms with van der Waals surface area (Å²) in [6.45, 7) is 4.21. The van der Waals surface area contributed by atoms with Crippen LogP contribution in [0.4, 0.5) is 0 Å². The molecule has 1 saturated heterocycles. The van der Waals surface area contributed by atoms with Crippen molar-refractivity contribution in [1.82, 2.24) is 24.6 Å². The largest absolute Gasteiger partial charge is 0.485 e. The predicted octanol–water partition coefficient (Wildman–Crippen LogP) is 1.11. The lowest BCUT2D eigenvalue weighted by Gasteiger charge is -2.34. The standard InChI is InChI=1S/C19H23N5O4S/c1-13(25)23-7-9-24(10-8-23)17(26)12-29-19-21-20-18(22(19)2)16-11-27-14-5-3-4-6-15(14)28-16/h3-6,16H,7-12H2,1-2H3. The van der Waals surface area contributed by atoms with Crippen LogP contribution < -0.4 is 9.47 Å². The van der Waals surface area contributed by atoms with Crippen molar-refractivity contribution in [1.29, 1.82) is 0 Å². The van der Waals surface area contributed by atoms with E-state index < -0.39 is 0 Å². The zero-order valence-corrected chi connectivity index (χ0v) is 17.2. The number of nitrogens with zero attached hydrogens (tertiary/aromatic N) is 5. The lowest BCUT2D eigenvalue weighted by Crippen LogP contribution is -2.50. The number of hydrogen-bond donors (Lipinski definition) is 0. The number of aromatic nitrogens is 3. The molecule has 29 heavy (non-hydrogen) atoms. The number of carbonyl (C=O) groups excluding carboxylic acids is 2. The summed E-state index contributed by atoms with van der Waals surface area (Å²) in [4.78, 5) is 27.5. The minimum absolute atomic E-state index is 0.0360. The van der Waals surface area contributed by atoms with E-state index in [4.69, 9.17) is 9.47 Å². The van der Waals surface area contributed by atoms with Gasteiger partial charge in [0.1, 0.15) is 6.61 Å². The van der Waals surface area contributed by atoms with Gasteiger partial charge in [-0.05, 0) is 12.1 Å². The van der Waals surface area contributed by atoms with Gasteiger partial charge in [0.15, 0.2) is 28.6 Å². The molecule has 3 heterocycles. The summed E-state index contributed by atoms with van der Waals surface area (Å²) in [6.07, 6.45) is -0.355. The smallest absolute Gasteiger partial charge is 0.233 e. The van der Waals surface area contributed by atoms with Gasteiger partial charge in [-0.15, -0.1) is 10.2 Å². The third-order valence-electron chi connectivity index (χ3n) is 5.07. The zero-order chi connectivity index (χ0) is 20.4. The number of rotatable bonds is 4. The number of piperazine rings is 1. The summed E-state index contributed by atoms with van der Waals surface area (Å²) in [5.74, 6) is 2.42. The third kappa shape index (κ3) is 4.16. The van der Waals surface area contributed by atoms with Crippen LogP contribution in [-0.2, 0) is 16.6 Å². The highest BCUT2D eigenvalue weighted by molar-refractivity contribution is 7.99. The Morgan fingerprint density at radius 2 is 1.79 bits per heavy atom. The van der Waals surface area contributed by atoms with E-state index in [1.165, 1.54) is 11.8 Å². The average molecular weight is 417 g/mol. The summed E-state index contributed by atoms with van der Waals surface area (Å²) >= 11 is 1.35. The molecule has 1 atom stereocenters. The van der Waals surface area contributed by atoms with Gasteiger partial charge in [0.05, 0.1) is 5.75 Å². The number of ether oxygens (including phenoxy) is 2. The normalized spacial score (nSPS) is 18.6. The molecule has 1 aromatic carbocycles. The second kappa shape index (κ2) is 8.32. The molecule has 2 aliphatic rings. The third-order valence-corrected chi connectivity index (χ3v) is 6.07. The number of hydrogen-bond acceptors (Lipinski definition) is 7. The molecule has 2 aliphatic heterocycles. The fourth-order valence-electron chi connectivity index (χ4n) is 3.37. The summed E-state index contributed by atoms with van der Waals surface area (Å²) in [5.41, 5.74) is 0. The van der Waals surface area contributed by atoms with Crippen molar-refractivity contribution in [2.75, 3.05) is 38.5 Å². The van der Waals surface area contributed by atoms with E-state index in [1.54, 1.807) is 16.7 Å². The van der Waals surface area contributed by atoms with E-state index in [1.807, 2.05) is 35.9 Å². The topological polar surface area (TPSA) is 89.8 Å². The Morgan fingerprint density at radius 1 is 1.10 bits per heavy atom. The molecular formula is C19H23N5O4S. The molecule has 4 rings (SSSR count). The van der Waals surface area contributed by atoms with Crippen molar-refractivity contribution < 1.29 is 19.1 Å². The molecule has 0 spiro atoms. The molecular weight excluding hydrogens is 394 g/mol. The molecule has 154 valence electrons. The lowest BCUT2D eigenvalue weighted by molar-refractivity contribution is -0.136. The first-order valence-electron chi connectivity index (χ1n) is 9.47. The molecule has 0 aliphatic carbocycles. The number of para-hydroxylation sites is 2. The molecule has 1 unspecified atom stereocenters. The molecule has 10 heteroatoms. The van der Waals surface area contributed by atoms with Gasteiger partial charge in [-0.2, -0.15) is 0 Å². The van der Waals surface area contributed by atoms with E-state index in [9.17, 15) is 9.59 Å². The van der Waals surface area contributed by atoms with Crippen LogP contribution in [0.25, 0.3) is 0 Å². The van der Waals surface area contributed by atoms with Crippen LogP contribution >= 0.6 is 11.8 Å². The van der Waals surface area contributed by atoms with Crippen LogP contribution in [0.5, 0.6) is 11.5 Å². The molecule has 0 radical (unpaired) electrons. The second-order valence-electron chi connectivity index (χ2n) is 6.94. The fraction of sp³-hybridized carbons (Fsp3) is 0.474. The second-order valence-corrected chi connectivity index (χ2v) is 7.88. The molecule has 1 aromatic heterocycles. The predicted molar refractivity (Wildman–Crippen MR) is 106 cm³/mol. The van der Waals surface area contributed by atoms with Crippen molar-refractivity contribution in [2.45, 2.75) is 18.2 Å². The highest BCUT2D eigenvalue weighted by Gasteiger charge is 2.28. The molecule has 1 fully saturated rings. The first kappa shape index (κ1) is 19.6. The van der Waals surface area contributed by atoms with Gasteiger partial charge in [-0.3, -0.25) is 9.59 Å². The molecule has 0 saturated carbocycles. The van der Waals surface area contributed by atoms with Gasteiger partial charge in [-0.25, -0.2) is 0 Å². The average Bonchev–Trinajstić information content (AvgIpc) is 3.12. The lowest BCUT2D eigenvalue weighted by atomic mass is 10.2. The molecule has 0 bridgehead atoms. The summed E-state index contributed by atoms with van der Waals surface area (Å²) in [7, 11) is 1.86. The summed E-state index contributed by atoms with van der Waals surface area (Å²) < 4.78 is 13.6. The maximum atomic E-state index is 12.5. The van der Waals surface area contributed by atoms with Crippen molar-refractivity contribution in [3.8, 4) is 11.5 Å². The van der Waals surface area contributed by atoms with E-state index in [0.717, 1.165) is 5.75 Å². The zero-order valence-electron chi connectivity index (χ0n) is 16.4. The van der Waals surface area contributed by atoms with Crippen LogP contribution in [0.1, 0.15) is 18.9 Å². The van der Waals surface area contributed by atoms with Crippen LogP contribution in [0.3, 0.4) is 0 Å². The number of amides is 2. The van der Waals surface area contributed by atoms with Crippen LogP contribution in [-0.4, -0.2) is 74.9 Å². The van der Waals surface area contributed by atoms with E-state index >= 15 is 0 Å². The number of carbonyl (C=O) groups is 2. The summed E-state index contributed by atoms with van der Waals surface area (Å²) in [5, 5.41) is 9.12. The van der Waals surface area contributed by atoms with Crippen molar-refractivity contribution in [2.24, 2.45) is 7.05 Å². The molecule has 9 nitrogen and oxygen atoms in total. The van der Waals surface area contributed by atoms with E-state index in [-0.39, 0.29) is 23.7 Å². The van der Waals surface area contributed by atoms with Crippen LogP contribution in [0.15, 0.2) is 29.4 Å². The summed E-state index contributed by atoms with van der Waals surface area (Å²) in [6, 6.07) is 7.52. The Labute approximate surface area is 173 Å². The number of fused-ring (bicyclic) bond motifs is 1. The highest BCUT2D eigenvalue weighted by atomic mass is 32.2. The van der Waals surface area contributed by atoms with E-state index in [0.29, 0.717) is 49.5 Å². The fourth-order valence-corrected chi connectivity index (χ4v) is 4.19. The van der Waals surface area contributed by atoms with Crippen LogP contribution in [0, 0.1) is 0 Å². The van der Waals surface area contributed by atoms with Crippen molar-refractivity contribution in [3.05, 3.63) is 30.1 Å². The quantitative estimate of drug-likeness (QED) is 0.689. The maximum Gasteiger partial charge on any atom is 0.233 e. The van der Waals surface area contributed by atoms with Gasteiger partial charge in [0.2, 0.25) is 11.8 Å². The molecule has 2 aromatic rings. The van der Waals surface area contributed by atoms with Gasteiger partial charge >= 0.3 is 0 Å².